The number of non-ortho nitro benzene ring substituents is 1. The molecule has 0 saturated carbocycles. The Labute approximate surface area is 137 Å². The average molecular weight is 319 g/mol. The fourth-order valence-corrected chi connectivity index (χ4v) is 2.26. The van der Waals surface area contributed by atoms with Crippen LogP contribution in [0.25, 0.3) is 0 Å². The Kier molecular flexibility index (Phi) is 8.02. The van der Waals surface area contributed by atoms with Gasteiger partial charge in [-0.1, -0.05) is 26.3 Å². The van der Waals surface area contributed by atoms with Gasteiger partial charge in [-0.2, -0.15) is 0 Å². The van der Waals surface area contributed by atoms with Crippen molar-refractivity contribution < 1.29 is 14.5 Å². The van der Waals surface area contributed by atoms with Gasteiger partial charge in [0.2, 0.25) is 0 Å². The molecule has 0 radical (unpaired) electrons. The zero-order valence-electron chi connectivity index (χ0n) is 13.9. The molecular weight excluding hydrogens is 294 g/mol. The average Bonchev–Trinajstić information content (AvgIpc) is 2.53. The highest BCUT2D eigenvalue weighted by Crippen LogP contribution is 2.19. The van der Waals surface area contributed by atoms with Crippen LogP contribution >= 0.6 is 0 Å². The zero-order valence-corrected chi connectivity index (χ0v) is 13.9. The van der Waals surface area contributed by atoms with Crippen LogP contribution in [-0.4, -0.2) is 17.0 Å². The Hall–Kier alpha value is -2.17. The Bertz CT molecular complexity index is 522. The van der Waals surface area contributed by atoms with Crippen LogP contribution in [-0.2, 0) is 4.74 Å². The monoisotopic (exact) mass is 319 g/mol. The molecule has 0 N–H and O–H groups in total. The summed E-state index contributed by atoms with van der Waals surface area (Å²) < 4.78 is 5.58. The molecule has 0 fully saturated rings. The molecule has 0 amide bonds. The summed E-state index contributed by atoms with van der Waals surface area (Å²) in [5.41, 5.74) is 0.303. The van der Waals surface area contributed by atoms with Crippen LogP contribution in [0.2, 0.25) is 0 Å². The smallest absolute Gasteiger partial charge is 0.338 e. The number of carbonyl (C=O) groups excluding carboxylic acids is 1. The van der Waals surface area contributed by atoms with Crippen molar-refractivity contribution in [2.24, 2.45) is 5.92 Å². The molecule has 126 valence electrons. The molecule has 0 bridgehead atoms. The second-order valence-electron chi connectivity index (χ2n) is 5.92. The van der Waals surface area contributed by atoms with Gasteiger partial charge in [0.25, 0.3) is 5.69 Å². The third-order valence-electron chi connectivity index (χ3n) is 3.71. The number of carbonyl (C=O) groups is 1. The molecular formula is C18H25NO4. The summed E-state index contributed by atoms with van der Waals surface area (Å²) in [4.78, 5) is 22.3. The number of ether oxygens (including phenoxy) is 1. The first-order valence-electron chi connectivity index (χ1n) is 8.02. The van der Waals surface area contributed by atoms with Gasteiger partial charge >= 0.3 is 5.97 Å². The van der Waals surface area contributed by atoms with Crippen LogP contribution < -0.4 is 0 Å². The summed E-state index contributed by atoms with van der Waals surface area (Å²) in [6, 6.07) is 5.50. The van der Waals surface area contributed by atoms with Gasteiger partial charge in [-0.3, -0.25) is 10.1 Å². The fourth-order valence-electron chi connectivity index (χ4n) is 2.26. The van der Waals surface area contributed by atoms with E-state index in [1.54, 1.807) is 0 Å². The lowest BCUT2D eigenvalue weighted by atomic mass is 10.00. The van der Waals surface area contributed by atoms with Crippen LogP contribution in [0.3, 0.4) is 0 Å². The van der Waals surface area contributed by atoms with E-state index in [4.69, 9.17) is 4.74 Å². The maximum Gasteiger partial charge on any atom is 0.338 e. The molecule has 23 heavy (non-hydrogen) atoms. The highest BCUT2D eigenvalue weighted by atomic mass is 16.6. The highest BCUT2D eigenvalue weighted by molar-refractivity contribution is 5.89. The maximum atomic E-state index is 12.2. The minimum absolute atomic E-state index is 0.0378. The summed E-state index contributed by atoms with van der Waals surface area (Å²) in [5, 5.41) is 10.6. The van der Waals surface area contributed by atoms with Crippen LogP contribution in [0, 0.1) is 16.0 Å². The van der Waals surface area contributed by atoms with Gasteiger partial charge in [-0.15, -0.1) is 6.58 Å². The molecule has 1 rings (SSSR count). The number of nitrogens with zero attached hydrogens (tertiary/aromatic N) is 1. The molecule has 0 spiro atoms. The highest BCUT2D eigenvalue weighted by Gasteiger charge is 2.19. The number of hydrogen-bond donors (Lipinski definition) is 0. The lowest BCUT2D eigenvalue weighted by molar-refractivity contribution is -0.384. The van der Waals surface area contributed by atoms with Crippen molar-refractivity contribution in [3.63, 3.8) is 0 Å². The second kappa shape index (κ2) is 9.77. The SMILES string of the molecule is C=CCCCCC[C@H](OC(=O)c1ccc([N+](=O)[O-])cc1)C(C)C. The van der Waals surface area contributed by atoms with E-state index in [2.05, 4.69) is 6.58 Å². The quantitative estimate of drug-likeness (QED) is 0.202. The maximum absolute atomic E-state index is 12.2. The molecule has 1 aromatic rings. The summed E-state index contributed by atoms with van der Waals surface area (Å²) in [6.45, 7) is 7.75. The van der Waals surface area contributed by atoms with E-state index in [0.29, 0.717) is 5.56 Å². The minimum Gasteiger partial charge on any atom is -0.459 e. The molecule has 5 heteroatoms. The number of nitro groups is 1. The predicted octanol–water partition coefficient (Wildman–Crippen LogP) is 4.91. The van der Waals surface area contributed by atoms with Crippen molar-refractivity contribution in [3.05, 3.63) is 52.6 Å². The minimum atomic E-state index is -0.491. The topological polar surface area (TPSA) is 69.4 Å². The van der Waals surface area contributed by atoms with E-state index < -0.39 is 10.9 Å². The summed E-state index contributed by atoms with van der Waals surface area (Å²) >= 11 is 0. The van der Waals surface area contributed by atoms with Crippen LogP contribution in [0.5, 0.6) is 0 Å². The first kappa shape index (κ1) is 18.9. The summed E-state index contributed by atoms with van der Waals surface area (Å²) in [6.07, 6.45) is 6.80. The van der Waals surface area contributed by atoms with Crippen LogP contribution in [0.15, 0.2) is 36.9 Å². The number of esters is 1. The second-order valence-corrected chi connectivity index (χ2v) is 5.92. The first-order chi connectivity index (χ1) is 11.0. The lowest BCUT2D eigenvalue weighted by Gasteiger charge is -2.21. The normalized spacial score (nSPS) is 12.0. The van der Waals surface area contributed by atoms with Crippen molar-refractivity contribution >= 4 is 11.7 Å². The molecule has 0 aromatic heterocycles. The summed E-state index contributed by atoms with van der Waals surface area (Å²) in [5.74, 6) is -0.193. The van der Waals surface area contributed by atoms with Gasteiger partial charge in [-0.25, -0.2) is 4.79 Å². The number of unbranched alkanes of at least 4 members (excludes halogenated alkanes) is 3. The largest absolute Gasteiger partial charge is 0.459 e. The third kappa shape index (κ3) is 6.63. The van der Waals surface area contributed by atoms with E-state index in [9.17, 15) is 14.9 Å². The molecule has 5 nitrogen and oxygen atoms in total. The Balaban J connectivity index is 2.56. The van der Waals surface area contributed by atoms with Crippen molar-refractivity contribution in [2.45, 2.75) is 52.1 Å². The van der Waals surface area contributed by atoms with Gasteiger partial charge < -0.3 is 4.74 Å². The van der Waals surface area contributed by atoms with E-state index >= 15 is 0 Å². The number of benzene rings is 1. The molecule has 0 aliphatic carbocycles. The van der Waals surface area contributed by atoms with Crippen molar-refractivity contribution in [2.75, 3.05) is 0 Å². The van der Waals surface area contributed by atoms with E-state index in [-0.39, 0.29) is 17.7 Å². The zero-order chi connectivity index (χ0) is 17.2. The summed E-state index contributed by atoms with van der Waals surface area (Å²) in [7, 11) is 0. The Morgan fingerprint density at radius 1 is 1.26 bits per heavy atom. The van der Waals surface area contributed by atoms with E-state index in [1.165, 1.54) is 24.3 Å². The predicted molar refractivity (Wildman–Crippen MR) is 90.4 cm³/mol. The first-order valence-corrected chi connectivity index (χ1v) is 8.02. The number of hydrogen-bond acceptors (Lipinski definition) is 4. The van der Waals surface area contributed by atoms with Gasteiger partial charge in [-0.05, 0) is 43.7 Å². The lowest BCUT2D eigenvalue weighted by Crippen LogP contribution is -2.23. The van der Waals surface area contributed by atoms with Gasteiger partial charge in [0.1, 0.15) is 6.10 Å². The van der Waals surface area contributed by atoms with Crippen LogP contribution in [0.1, 0.15) is 56.3 Å². The molecule has 1 atom stereocenters. The van der Waals surface area contributed by atoms with Gasteiger partial charge in [0, 0.05) is 12.1 Å². The van der Waals surface area contributed by atoms with Gasteiger partial charge in [0.05, 0.1) is 10.5 Å². The number of allylic oxidation sites excluding steroid dienone is 1. The fraction of sp³-hybridized carbons (Fsp3) is 0.500. The molecule has 0 saturated heterocycles. The number of nitro benzene ring substituents is 1. The van der Waals surface area contributed by atoms with Crippen molar-refractivity contribution in [1.29, 1.82) is 0 Å². The Morgan fingerprint density at radius 3 is 2.43 bits per heavy atom. The van der Waals surface area contributed by atoms with Gasteiger partial charge in [0.15, 0.2) is 0 Å². The van der Waals surface area contributed by atoms with Crippen molar-refractivity contribution in [3.8, 4) is 0 Å². The van der Waals surface area contributed by atoms with Crippen LogP contribution in [0.4, 0.5) is 5.69 Å². The van der Waals surface area contributed by atoms with E-state index in [1.807, 2.05) is 19.9 Å². The standard InChI is InChI=1S/C18H25NO4/c1-4-5-6-7-8-9-17(14(2)3)23-18(20)15-10-12-16(13-11-15)19(21)22/h4,10-14,17H,1,5-9H2,2-3H3/t17-/m0/s1. The van der Waals surface area contributed by atoms with Crippen molar-refractivity contribution in [1.82, 2.24) is 0 Å². The molecule has 1 aromatic carbocycles. The number of rotatable bonds is 10. The molecule has 0 aliphatic heterocycles. The van der Waals surface area contributed by atoms with E-state index in [0.717, 1.165) is 32.1 Å². The molecule has 0 heterocycles. The molecule has 0 unspecified atom stereocenters. The third-order valence-corrected chi connectivity index (χ3v) is 3.71. The Morgan fingerprint density at radius 2 is 1.91 bits per heavy atom. The molecule has 0 aliphatic rings.